The monoisotopic (exact) mass is 1050 g/mol. The summed E-state index contributed by atoms with van der Waals surface area (Å²) in [5.41, 5.74) is 0.913. The molecule has 0 bridgehead atoms. The maximum absolute atomic E-state index is 13.7. The molecule has 3 aromatic rings. The molecule has 0 heterocycles. The van der Waals surface area contributed by atoms with E-state index in [1.165, 1.54) is 0 Å². The second-order valence-electron chi connectivity index (χ2n) is 18.9. The Morgan fingerprint density at radius 2 is 0.566 bits per heavy atom. The Morgan fingerprint density at radius 3 is 0.660 bits per heavy atom. The fourth-order valence-electron chi connectivity index (χ4n) is 5.74. The molecule has 53 heavy (non-hydrogen) atoms. The molecule has 298 valence electrons. The molecule has 5 nitrogen and oxygen atoms in total. The molecule has 0 fully saturated rings. The first-order chi connectivity index (χ1) is 23.4. The van der Waals surface area contributed by atoms with Crippen molar-refractivity contribution in [3.63, 3.8) is 0 Å². The van der Waals surface area contributed by atoms with E-state index in [-0.39, 0.29) is 31.1 Å². The molecule has 0 aliphatic carbocycles. The molecule has 0 saturated heterocycles. The van der Waals surface area contributed by atoms with Crippen LogP contribution in [0.2, 0.25) is 118 Å². The normalized spacial score (nSPS) is 12.2. The standard InChI is InChI=1S/C19H15O.3C6H18NSi2.C4H10O.U/c20-19(16-10-4-1-5-11-16,17-12-6-2-7-13-17)18-14-8-3-9-15-18;3*1-8(2,3)7-9(4,5)6;1-3-5-4-2;/h1-15H;3*1-6H3;3-4H2,1-2H3;/q4*-1;;+4. The van der Waals surface area contributed by atoms with Crippen LogP contribution in [-0.4, -0.2) is 62.6 Å². The Labute approximate surface area is 359 Å². The molecule has 0 amide bonds. The summed E-state index contributed by atoms with van der Waals surface area (Å²) >= 11 is 0. The van der Waals surface area contributed by atoms with Gasteiger partial charge >= 0.3 is 31.1 Å². The summed E-state index contributed by atoms with van der Waals surface area (Å²) in [5, 5.41) is 13.7. The summed E-state index contributed by atoms with van der Waals surface area (Å²) in [6.07, 6.45) is 0. The summed E-state index contributed by atoms with van der Waals surface area (Å²) < 4.78 is 19.3. The predicted molar refractivity (Wildman–Crippen MR) is 252 cm³/mol. The van der Waals surface area contributed by atoms with Crippen molar-refractivity contribution >= 4 is 49.4 Å². The van der Waals surface area contributed by atoms with Crippen molar-refractivity contribution in [3.8, 4) is 0 Å². The van der Waals surface area contributed by atoms with Crippen molar-refractivity contribution in [2.45, 2.75) is 137 Å². The Kier molecular flexibility index (Phi) is 28.0. The minimum Gasteiger partial charge on any atom is -0.839 e. The minimum atomic E-state index is -1.37. The van der Waals surface area contributed by atoms with Crippen molar-refractivity contribution in [1.29, 1.82) is 0 Å². The molecule has 0 aliphatic heterocycles. The minimum absolute atomic E-state index is 0. The smallest absolute Gasteiger partial charge is 0.839 e. The number of nitrogens with zero attached hydrogens (tertiary/aromatic N) is 3. The van der Waals surface area contributed by atoms with Crippen LogP contribution in [-0.2, 0) is 10.3 Å². The van der Waals surface area contributed by atoms with Crippen LogP contribution in [0.5, 0.6) is 0 Å². The van der Waals surface area contributed by atoms with Crippen molar-refractivity contribution in [2.24, 2.45) is 0 Å². The van der Waals surface area contributed by atoms with E-state index < -0.39 is 55.0 Å². The number of rotatable bonds is 11. The van der Waals surface area contributed by atoms with E-state index in [0.717, 1.165) is 29.9 Å². The Balaban J connectivity index is -0.000000648. The molecule has 0 saturated carbocycles. The van der Waals surface area contributed by atoms with Crippen LogP contribution < -0.4 is 5.11 Å². The van der Waals surface area contributed by atoms with Gasteiger partial charge in [0.2, 0.25) is 0 Å². The van der Waals surface area contributed by atoms with Gasteiger partial charge in [-0.15, -0.1) is 0 Å². The van der Waals surface area contributed by atoms with Gasteiger partial charge in [0, 0.05) is 13.2 Å². The maximum Gasteiger partial charge on any atom is 4.00 e. The maximum atomic E-state index is 13.7. The van der Waals surface area contributed by atoms with E-state index in [9.17, 15) is 5.11 Å². The van der Waals surface area contributed by atoms with Gasteiger partial charge in [-0.25, -0.2) is 0 Å². The molecule has 3 rings (SSSR count). The molecule has 0 aliphatic rings. The third kappa shape index (κ3) is 33.6. The van der Waals surface area contributed by atoms with E-state index in [1.807, 2.05) is 105 Å². The largest absolute Gasteiger partial charge is 4.00 e. The summed E-state index contributed by atoms with van der Waals surface area (Å²) in [4.78, 5) is 0. The molecule has 0 N–H and O–H groups in total. The van der Waals surface area contributed by atoms with Gasteiger partial charge in [-0.05, 0) is 36.1 Å². The van der Waals surface area contributed by atoms with Crippen LogP contribution in [0.3, 0.4) is 0 Å². The van der Waals surface area contributed by atoms with Crippen LogP contribution in [0.25, 0.3) is 13.9 Å². The predicted octanol–water partition coefficient (Wildman–Crippen LogP) is 13.5. The second kappa shape index (κ2) is 25.9. The molecule has 0 unspecified atom stereocenters. The average Bonchev–Trinajstić information content (AvgIpc) is 2.94. The fourth-order valence-corrected chi connectivity index (χ4v) is 29.9. The summed E-state index contributed by atoms with van der Waals surface area (Å²) in [5.74, 6) is 0. The van der Waals surface area contributed by atoms with Gasteiger partial charge in [0.05, 0.1) is 0 Å². The Bertz CT molecular complexity index is 1120. The molecule has 0 atom stereocenters. The zero-order chi connectivity index (χ0) is 41.1. The number of benzene rings is 3. The van der Waals surface area contributed by atoms with E-state index in [1.54, 1.807) is 0 Å². The van der Waals surface area contributed by atoms with Crippen molar-refractivity contribution < 1.29 is 41.0 Å². The van der Waals surface area contributed by atoms with Gasteiger partial charge in [0.25, 0.3) is 0 Å². The van der Waals surface area contributed by atoms with E-state index in [4.69, 9.17) is 18.7 Å². The van der Waals surface area contributed by atoms with E-state index in [0.29, 0.717) is 0 Å². The summed E-state index contributed by atoms with van der Waals surface area (Å²) in [6.45, 7) is 47.0. The molecule has 12 heteroatoms. The summed E-state index contributed by atoms with van der Waals surface area (Å²) in [6, 6.07) is 28.6. The molecular formula is C41H79N3O2Si6U. The van der Waals surface area contributed by atoms with Crippen molar-refractivity contribution in [2.75, 3.05) is 13.2 Å². The van der Waals surface area contributed by atoms with Crippen molar-refractivity contribution in [3.05, 3.63) is 122 Å². The van der Waals surface area contributed by atoms with Crippen LogP contribution in [0, 0.1) is 31.1 Å². The van der Waals surface area contributed by atoms with Crippen molar-refractivity contribution in [1.82, 2.24) is 0 Å². The third-order valence-corrected chi connectivity index (χ3v) is 22.1. The van der Waals surface area contributed by atoms with Crippen LogP contribution in [0.4, 0.5) is 0 Å². The van der Waals surface area contributed by atoms with Crippen LogP contribution >= 0.6 is 0 Å². The second-order valence-corrected chi connectivity index (χ2v) is 47.7. The quantitative estimate of drug-likeness (QED) is 0.142. The van der Waals surface area contributed by atoms with Gasteiger partial charge in [-0.2, -0.15) is 0 Å². The molecule has 0 spiro atoms. The summed E-state index contributed by atoms with van der Waals surface area (Å²) in [7, 11) is -6.64. The van der Waals surface area contributed by atoms with Crippen LogP contribution in [0.15, 0.2) is 91.0 Å². The Hall–Kier alpha value is -0.187. The molecule has 0 radical (unpaired) electrons. The zero-order valence-corrected chi connectivity index (χ0v) is 47.9. The first-order valence-electron chi connectivity index (χ1n) is 19.0. The third-order valence-electron chi connectivity index (χ3n) is 5.96. The van der Waals surface area contributed by atoms with Gasteiger partial charge in [0.1, 0.15) is 0 Å². The Morgan fingerprint density at radius 1 is 0.396 bits per heavy atom. The SMILES string of the molecule is CCOCC.C[Si](C)(C)[N-][Si](C)(C)C.C[Si](C)(C)[N-][Si](C)(C)C.C[Si](C)(C)[N-][Si](C)(C)C.[O-]C(c1ccccc1)(c1ccccc1)c1ccccc1.[U+4]. The van der Waals surface area contributed by atoms with Gasteiger partial charge < -0.3 is 23.8 Å². The van der Waals surface area contributed by atoms with E-state index >= 15 is 0 Å². The van der Waals surface area contributed by atoms with Gasteiger partial charge in [0.15, 0.2) is 0 Å². The van der Waals surface area contributed by atoms with Gasteiger partial charge in [-0.3, -0.25) is 0 Å². The number of ether oxygens (including phenoxy) is 1. The van der Waals surface area contributed by atoms with E-state index in [2.05, 4.69) is 118 Å². The molecular weight excluding hydrogens is 973 g/mol. The molecule has 0 aromatic heterocycles. The number of hydrogen-bond acceptors (Lipinski definition) is 2. The zero-order valence-electron chi connectivity index (χ0n) is 37.7. The first-order valence-corrected chi connectivity index (χ1v) is 39.7. The first kappa shape index (κ1) is 57.1. The molecule has 3 aromatic carbocycles. The fraction of sp³-hybridized carbons (Fsp3) is 0.561. The average molecular weight is 1050 g/mol. The van der Waals surface area contributed by atoms with Gasteiger partial charge in [-0.1, -0.05) is 258 Å². The topological polar surface area (TPSA) is 74.6 Å². The van der Waals surface area contributed by atoms with Crippen LogP contribution in [0.1, 0.15) is 30.5 Å². The number of hydrogen-bond donors (Lipinski definition) is 0.